The number of ketones is 1. The Kier molecular flexibility index (Phi) is 4.65. The molecule has 5 nitrogen and oxygen atoms in total. The minimum atomic E-state index is 0.147. The van der Waals surface area contributed by atoms with Crippen molar-refractivity contribution in [3.63, 3.8) is 0 Å². The van der Waals surface area contributed by atoms with Crippen LogP contribution in [0, 0.1) is 13.8 Å². The molecule has 0 aliphatic heterocycles. The summed E-state index contributed by atoms with van der Waals surface area (Å²) in [6.45, 7) is 7.17. The number of nitrogens with zero attached hydrogens (tertiary/aromatic N) is 4. The molecule has 2 aromatic rings. The van der Waals surface area contributed by atoms with Crippen LogP contribution < -0.4 is 0 Å². The van der Waals surface area contributed by atoms with Gasteiger partial charge < -0.3 is 9.13 Å². The van der Waals surface area contributed by atoms with Crippen molar-refractivity contribution in [2.45, 2.75) is 38.9 Å². The molecule has 6 heteroatoms. The molecule has 20 heavy (non-hydrogen) atoms. The highest BCUT2D eigenvalue weighted by Crippen LogP contribution is 2.20. The first-order valence-corrected chi connectivity index (χ1v) is 7.69. The summed E-state index contributed by atoms with van der Waals surface area (Å²) < 4.78 is 4.03. The molecule has 0 spiro atoms. The van der Waals surface area contributed by atoms with Crippen LogP contribution in [0.15, 0.2) is 17.6 Å². The number of Topliss-reactive ketones (excluding diaryl/α,β-unsaturated/α-hetero) is 1. The van der Waals surface area contributed by atoms with Gasteiger partial charge >= 0.3 is 0 Å². The van der Waals surface area contributed by atoms with Crippen molar-refractivity contribution in [1.82, 2.24) is 19.3 Å². The van der Waals surface area contributed by atoms with Crippen LogP contribution in [-0.4, -0.2) is 30.9 Å². The fraction of sp³-hybridized carbons (Fsp3) is 0.500. The Morgan fingerprint density at radius 2 is 2.15 bits per heavy atom. The van der Waals surface area contributed by atoms with Crippen LogP contribution in [0.5, 0.6) is 0 Å². The van der Waals surface area contributed by atoms with E-state index in [1.807, 2.05) is 24.6 Å². The van der Waals surface area contributed by atoms with Gasteiger partial charge in [-0.3, -0.25) is 4.79 Å². The van der Waals surface area contributed by atoms with E-state index in [2.05, 4.69) is 28.6 Å². The lowest BCUT2D eigenvalue weighted by Gasteiger charge is -2.07. The van der Waals surface area contributed by atoms with Crippen LogP contribution in [-0.2, 0) is 13.6 Å². The van der Waals surface area contributed by atoms with E-state index in [1.54, 1.807) is 6.33 Å². The molecule has 0 N–H and O–H groups in total. The number of rotatable bonds is 6. The SMILES string of the molecule is CCCn1c(C)cc(C(=O)CSc2nncn2C)c1C. The van der Waals surface area contributed by atoms with Gasteiger partial charge in [0.25, 0.3) is 0 Å². The van der Waals surface area contributed by atoms with Crippen molar-refractivity contribution in [3.8, 4) is 0 Å². The van der Waals surface area contributed by atoms with Crippen molar-refractivity contribution in [2.75, 3.05) is 5.75 Å². The van der Waals surface area contributed by atoms with Crippen molar-refractivity contribution in [3.05, 3.63) is 29.3 Å². The second kappa shape index (κ2) is 6.26. The molecule has 0 saturated carbocycles. The summed E-state index contributed by atoms with van der Waals surface area (Å²) in [5, 5.41) is 8.55. The van der Waals surface area contributed by atoms with Crippen LogP contribution in [0.25, 0.3) is 0 Å². The number of thioether (sulfide) groups is 1. The minimum Gasteiger partial charge on any atom is -0.348 e. The third kappa shape index (κ3) is 2.95. The molecule has 0 saturated heterocycles. The maximum Gasteiger partial charge on any atom is 0.191 e. The van der Waals surface area contributed by atoms with Crippen LogP contribution in [0.2, 0.25) is 0 Å². The molecule has 0 unspecified atom stereocenters. The summed E-state index contributed by atoms with van der Waals surface area (Å²) >= 11 is 1.42. The summed E-state index contributed by atoms with van der Waals surface area (Å²) in [5.41, 5.74) is 3.04. The van der Waals surface area contributed by atoms with Gasteiger partial charge in [0.1, 0.15) is 6.33 Å². The number of carbonyl (C=O) groups is 1. The Morgan fingerprint density at radius 1 is 1.40 bits per heavy atom. The van der Waals surface area contributed by atoms with E-state index in [0.29, 0.717) is 5.75 Å². The maximum atomic E-state index is 12.4. The van der Waals surface area contributed by atoms with Crippen LogP contribution in [0.1, 0.15) is 35.1 Å². The van der Waals surface area contributed by atoms with Gasteiger partial charge in [-0.15, -0.1) is 10.2 Å². The third-order valence-electron chi connectivity index (χ3n) is 3.32. The van der Waals surface area contributed by atoms with Crippen molar-refractivity contribution >= 4 is 17.5 Å². The van der Waals surface area contributed by atoms with E-state index in [9.17, 15) is 4.79 Å². The second-order valence-electron chi connectivity index (χ2n) is 4.87. The van der Waals surface area contributed by atoms with E-state index in [1.165, 1.54) is 11.8 Å². The Morgan fingerprint density at radius 3 is 2.75 bits per heavy atom. The topological polar surface area (TPSA) is 52.7 Å². The molecule has 0 aromatic carbocycles. The molecule has 0 aliphatic rings. The lowest BCUT2D eigenvalue weighted by molar-refractivity contribution is 0.102. The van der Waals surface area contributed by atoms with Gasteiger partial charge in [0.05, 0.1) is 5.75 Å². The zero-order chi connectivity index (χ0) is 14.7. The van der Waals surface area contributed by atoms with Crippen molar-refractivity contribution in [1.29, 1.82) is 0 Å². The van der Waals surface area contributed by atoms with Gasteiger partial charge in [0.15, 0.2) is 10.9 Å². The first-order valence-electron chi connectivity index (χ1n) is 6.71. The lowest BCUT2D eigenvalue weighted by atomic mass is 10.2. The van der Waals surface area contributed by atoms with E-state index >= 15 is 0 Å². The van der Waals surface area contributed by atoms with Crippen molar-refractivity contribution in [2.24, 2.45) is 7.05 Å². The smallest absolute Gasteiger partial charge is 0.191 e. The highest BCUT2D eigenvalue weighted by Gasteiger charge is 2.16. The summed E-state index contributed by atoms with van der Waals surface area (Å²) in [7, 11) is 1.87. The fourth-order valence-corrected chi connectivity index (χ4v) is 3.03. The first-order chi connectivity index (χ1) is 9.54. The lowest BCUT2D eigenvalue weighted by Crippen LogP contribution is -2.07. The quantitative estimate of drug-likeness (QED) is 0.606. The largest absolute Gasteiger partial charge is 0.348 e. The Labute approximate surface area is 123 Å². The van der Waals surface area contributed by atoms with Gasteiger partial charge in [-0.2, -0.15) is 0 Å². The van der Waals surface area contributed by atoms with Gasteiger partial charge in [-0.1, -0.05) is 18.7 Å². The van der Waals surface area contributed by atoms with Crippen LogP contribution in [0.4, 0.5) is 0 Å². The predicted octanol–water partition coefficient (Wildman–Crippen LogP) is 2.62. The number of carbonyl (C=O) groups excluding carboxylic acids is 1. The van der Waals surface area contributed by atoms with Crippen LogP contribution in [0.3, 0.4) is 0 Å². The Hall–Kier alpha value is -1.56. The van der Waals surface area contributed by atoms with Gasteiger partial charge in [0.2, 0.25) is 0 Å². The molecule has 2 aromatic heterocycles. The van der Waals surface area contributed by atoms with E-state index in [0.717, 1.165) is 35.1 Å². The molecule has 0 radical (unpaired) electrons. The molecular weight excluding hydrogens is 272 g/mol. The average Bonchev–Trinajstić information content (AvgIpc) is 2.94. The summed E-state index contributed by atoms with van der Waals surface area (Å²) in [4.78, 5) is 12.4. The number of aromatic nitrogens is 4. The van der Waals surface area contributed by atoms with E-state index in [4.69, 9.17) is 0 Å². The number of aryl methyl sites for hydroxylation is 2. The Bertz CT molecular complexity index is 615. The summed E-state index contributed by atoms with van der Waals surface area (Å²) in [6.07, 6.45) is 2.71. The molecule has 0 bridgehead atoms. The number of hydrogen-bond acceptors (Lipinski definition) is 4. The third-order valence-corrected chi connectivity index (χ3v) is 4.36. The first kappa shape index (κ1) is 14.8. The molecule has 0 aliphatic carbocycles. The molecule has 2 rings (SSSR count). The van der Waals surface area contributed by atoms with E-state index < -0.39 is 0 Å². The molecule has 108 valence electrons. The van der Waals surface area contributed by atoms with Crippen LogP contribution >= 0.6 is 11.8 Å². The standard InChI is InChI=1S/C14H20N4OS/c1-5-6-18-10(2)7-12(11(18)3)13(19)8-20-14-16-15-9-17(14)4/h7,9H,5-6,8H2,1-4H3. The summed E-state index contributed by atoms with van der Waals surface area (Å²) in [5.74, 6) is 0.539. The summed E-state index contributed by atoms with van der Waals surface area (Å²) in [6, 6.07) is 1.99. The molecule has 2 heterocycles. The molecule has 0 fully saturated rings. The van der Waals surface area contributed by atoms with Gasteiger partial charge in [0, 0.05) is 30.5 Å². The molecular formula is C14H20N4OS. The zero-order valence-corrected chi connectivity index (χ0v) is 13.2. The maximum absolute atomic E-state index is 12.4. The zero-order valence-electron chi connectivity index (χ0n) is 12.4. The Balaban J connectivity index is 2.10. The fourth-order valence-electron chi connectivity index (χ4n) is 2.26. The highest BCUT2D eigenvalue weighted by atomic mass is 32.2. The van der Waals surface area contributed by atoms with Gasteiger partial charge in [-0.25, -0.2) is 0 Å². The number of hydrogen-bond donors (Lipinski definition) is 0. The van der Waals surface area contributed by atoms with Gasteiger partial charge in [-0.05, 0) is 26.3 Å². The predicted molar refractivity (Wildman–Crippen MR) is 80.3 cm³/mol. The highest BCUT2D eigenvalue weighted by molar-refractivity contribution is 7.99. The minimum absolute atomic E-state index is 0.147. The van der Waals surface area contributed by atoms with Crippen molar-refractivity contribution < 1.29 is 4.79 Å². The normalized spacial score (nSPS) is 11.0. The molecule has 0 atom stereocenters. The van der Waals surface area contributed by atoms with E-state index in [-0.39, 0.29) is 5.78 Å². The monoisotopic (exact) mass is 292 g/mol. The average molecular weight is 292 g/mol. The molecule has 0 amide bonds. The second-order valence-corrected chi connectivity index (χ2v) is 5.82.